The maximum atomic E-state index is 12.8. The molecule has 0 bridgehead atoms. The summed E-state index contributed by atoms with van der Waals surface area (Å²) in [7, 11) is -3.53. The van der Waals surface area contributed by atoms with E-state index >= 15 is 0 Å². The topological polar surface area (TPSA) is 62.6 Å². The Labute approximate surface area is 127 Å². The van der Waals surface area contributed by atoms with Crippen LogP contribution in [0, 0.1) is 0 Å². The van der Waals surface area contributed by atoms with Gasteiger partial charge in [0, 0.05) is 18.1 Å². The molecule has 120 valence electrons. The average Bonchev–Trinajstić information content (AvgIpc) is 3.03. The molecule has 2 rings (SSSR count). The first-order valence-corrected chi connectivity index (χ1v) is 9.16. The molecule has 0 aliphatic carbocycles. The zero-order valence-electron chi connectivity index (χ0n) is 13.3. The first-order chi connectivity index (χ1) is 9.86. The Morgan fingerprint density at radius 1 is 1.38 bits per heavy atom. The molecule has 0 amide bonds. The summed E-state index contributed by atoms with van der Waals surface area (Å²) >= 11 is 0. The van der Waals surface area contributed by atoms with Gasteiger partial charge in [0.25, 0.3) is 10.0 Å². The zero-order valence-corrected chi connectivity index (χ0v) is 14.1. The number of hydrogen-bond donors (Lipinski definition) is 1. The van der Waals surface area contributed by atoms with Crippen LogP contribution in [0.15, 0.2) is 21.6 Å². The highest BCUT2D eigenvalue weighted by Gasteiger charge is 2.40. The third kappa shape index (κ3) is 3.49. The lowest BCUT2D eigenvalue weighted by atomic mass is 10.2. The van der Waals surface area contributed by atoms with Crippen molar-refractivity contribution in [1.29, 1.82) is 0 Å². The summed E-state index contributed by atoms with van der Waals surface area (Å²) in [6, 6.07) is 3.78. The van der Waals surface area contributed by atoms with Crippen LogP contribution in [0.1, 0.15) is 52.7 Å². The summed E-state index contributed by atoms with van der Waals surface area (Å²) in [4.78, 5) is 0. The van der Waals surface area contributed by atoms with Crippen LogP contribution in [0.2, 0.25) is 0 Å². The molecule has 0 aromatic carbocycles. The molecule has 2 heterocycles. The smallest absolute Gasteiger partial charge is 0.276 e. The third-order valence-corrected chi connectivity index (χ3v) is 5.98. The molecule has 1 aliphatic rings. The van der Waals surface area contributed by atoms with E-state index < -0.39 is 10.0 Å². The summed E-state index contributed by atoms with van der Waals surface area (Å²) in [5.41, 5.74) is 0. The van der Waals surface area contributed by atoms with Crippen LogP contribution in [0.5, 0.6) is 0 Å². The Morgan fingerprint density at radius 2 is 2.10 bits per heavy atom. The van der Waals surface area contributed by atoms with Crippen molar-refractivity contribution in [2.75, 3.05) is 0 Å². The molecule has 2 atom stereocenters. The fraction of sp³-hybridized carbons (Fsp3) is 0.733. The van der Waals surface area contributed by atoms with Gasteiger partial charge >= 0.3 is 0 Å². The number of hydrogen-bond acceptors (Lipinski definition) is 4. The average molecular weight is 314 g/mol. The van der Waals surface area contributed by atoms with Crippen molar-refractivity contribution < 1.29 is 12.8 Å². The molecule has 5 nitrogen and oxygen atoms in total. The number of furan rings is 1. The van der Waals surface area contributed by atoms with Crippen molar-refractivity contribution in [2.24, 2.45) is 0 Å². The molecule has 1 fully saturated rings. The quantitative estimate of drug-likeness (QED) is 0.877. The highest BCUT2D eigenvalue weighted by Crippen LogP contribution is 2.32. The van der Waals surface area contributed by atoms with Crippen LogP contribution >= 0.6 is 0 Å². The molecule has 6 heteroatoms. The van der Waals surface area contributed by atoms with Crippen LogP contribution in [0.4, 0.5) is 0 Å². The predicted molar refractivity (Wildman–Crippen MR) is 82.5 cm³/mol. The molecule has 21 heavy (non-hydrogen) atoms. The number of nitrogens with zero attached hydrogens (tertiary/aromatic N) is 1. The molecular weight excluding hydrogens is 288 g/mol. The van der Waals surface area contributed by atoms with Gasteiger partial charge in [0.2, 0.25) is 5.09 Å². The van der Waals surface area contributed by atoms with Crippen molar-refractivity contribution >= 4 is 10.0 Å². The predicted octanol–water partition coefficient (Wildman–Crippen LogP) is 2.73. The van der Waals surface area contributed by atoms with Crippen LogP contribution in [-0.4, -0.2) is 30.8 Å². The minimum absolute atomic E-state index is 0.0438. The van der Waals surface area contributed by atoms with E-state index in [1.54, 1.807) is 16.4 Å². The van der Waals surface area contributed by atoms with Crippen molar-refractivity contribution in [1.82, 2.24) is 9.62 Å². The fourth-order valence-corrected chi connectivity index (χ4v) is 4.75. The monoisotopic (exact) mass is 314 g/mol. The van der Waals surface area contributed by atoms with E-state index in [2.05, 4.69) is 5.32 Å². The summed E-state index contributed by atoms with van der Waals surface area (Å²) in [6.07, 6.45) is 2.69. The standard InChI is InChI=1S/C15H26N2O3S/c1-5-13-7-6-12(4)17(13)21(18,19)15-9-8-14(20-15)10-16-11(2)3/h8-9,11-13,16H,5-7,10H2,1-4H3. The molecule has 1 saturated heterocycles. The van der Waals surface area contributed by atoms with Gasteiger partial charge in [-0.1, -0.05) is 20.8 Å². The zero-order chi connectivity index (χ0) is 15.6. The van der Waals surface area contributed by atoms with Crippen molar-refractivity contribution in [3.05, 3.63) is 17.9 Å². The molecule has 2 unspecified atom stereocenters. The first kappa shape index (κ1) is 16.5. The van der Waals surface area contributed by atoms with Gasteiger partial charge in [0.05, 0.1) is 6.54 Å². The Balaban J connectivity index is 2.19. The lowest BCUT2D eigenvalue weighted by molar-refractivity contribution is 0.310. The van der Waals surface area contributed by atoms with Gasteiger partial charge in [-0.3, -0.25) is 0 Å². The minimum Gasteiger partial charge on any atom is -0.447 e. The van der Waals surface area contributed by atoms with Crippen LogP contribution in [0.25, 0.3) is 0 Å². The Morgan fingerprint density at radius 3 is 2.71 bits per heavy atom. The minimum atomic E-state index is -3.53. The number of sulfonamides is 1. The van der Waals surface area contributed by atoms with Gasteiger partial charge in [-0.2, -0.15) is 4.31 Å². The Bertz CT molecular complexity index is 565. The molecule has 1 aromatic rings. The highest BCUT2D eigenvalue weighted by atomic mass is 32.2. The van der Waals surface area contributed by atoms with Crippen LogP contribution in [0.3, 0.4) is 0 Å². The van der Waals surface area contributed by atoms with Crippen LogP contribution < -0.4 is 5.32 Å². The highest BCUT2D eigenvalue weighted by molar-refractivity contribution is 7.89. The van der Waals surface area contributed by atoms with E-state index in [1.807, 2.05) is 27.7 Å². The molecule has 0 radical (unpaired) electrons. The van der Waals surface area contributed by atoms with Gasteiger partial charge < -0.3 is 9.73 Å². The number of nitrogens with one attached hydrogen (secondary N) is 1. The Kier molecular flexibility index (Phi) is 5.11. The normalized spacial score (nSPS) is 24.0. The van der Waals surface area contributed by atoms with Gasteiger partial charge in [-0.25, -0.2) is 8.42 Å². The maximum Gasteiger partial charge on any atom is 0.276 e. The molecule has 0 saturated carbocycles. The summed E-state index contributed by atoms with van der Waals surface area (Å²) in [5.74, 6) is 0.655. The fourth-order valence-electron chi connectivity index (χ4n) is 2.87. The van der Waals surface area contributed by atoms with E-state index in [9.17, 15) is 8.42 Å². The van der Waals surface area contributed by atoms with E-state index in [4.69, 9.17) is 4.42 Å². The number of rotatable bonds is 6. The molecule has 1 N–H and O–H groups in total. The molecular formula is C15H26N2O3S. The first-order valence-electron chi connectivity index (χ1n) is 7.72. The van der Waals surface area contributed by atoms with E-state index in [1.165, 1.54) is 0 Å². The van der Waals surface area contributed by atoms with Crippen molar-refractivity contribution in [2.45, 2.75) is 76.7 Å². The van der Waals surface area contributed by atoms with Gasteiger partial charge in [-0.05, 0) is 38.3 Å². The maximum absolute atomic E-state index is 12.8. The SMILES string of the molecule is CCC1CCC(C)N1S(=O)(=O)c1ccc(CNC(C)C)o1. The van der Waals surface area contributed by atoms with E-state index in [-0.39, 0.29) is 17.2 Å². The third-order valence-electron chi connectivity index (χ3n) is 4.04. The molecule has 1 aromatic heterocycles. The van der Waals surface area contributed by atoms with Crippen molar-refractivity contribution in [3.8, 4) is 0 Å². The lowest BCUT2D eigenvalue weighted by Gasteiger charge is -2.25. The second kappa shape index (κ2) is 6.50. The summed E-state index contributed by atoms with van der Waals surface area (Å²) in [5, 5.41) is 3.29. The second-order valence-corrected chi connectivity index (χ2v) is 7.85. The molecule has 1 aliphatic heterocycles. The summed E-state index contributed by atoms with van der Waals surface area (Å²) < 4.78 is 32.7. The van der Waals surface area contributed by atoms with Crippen LogP contribution in [-0.2, 0) is 16.6 Å². The summed E-state index contributed by atoms with van der Waals surface area (Å²) in [6.45, 7) is 8.62. The van der Waals surface area contributed by atoms with Gasteiger partial charge in [0.1, 0.15) is 5.76 Å². The molecule has 0 spiro atoms. The lowest BCUT2D eigenvalue weighted by Crippen LogP contribution is -2.39. The van der Waals surface area contributed by atoms with E-state index in [0.717, 1.165) is 19.3 Å². The second-order valence-electron chi connectivity index (χ2n) is 6.08. The van der Waals surface area contributed by atoms with E-state index in [0.29, 0.717) is 18.3 Å². The van der Waals surface area contributed by atoms with Gasteiger partial charge in [0.15, 0.2) is 0 Å². The van der Waals surface area contributed by atoms with Gasteiger partial charge in [-0.15, -0.1) is 0 Å². The van der Waals surface area contributed by atoms with Crippen molar-refractivity contribution in [3.63, 3.8) is 0 Å². The Hall–Kier alpha value is -0.850. The largest absolute Gasteiger partial charge is 0.447 e.